The lowest BCUT2D eigenvalue weighted by molar-refractivity contribution is -0.116. The van der Waals surface area contributed by atoms with Crippen molar-refractivity contribution in [3.63, 3.8) is 0 Å². The summed E-state index contributed by atoms with van der Waals surface area (Å²) in [6.45, 7) is 0. The maximum absolute atomic E-state index is 13.7. The van der Waals surface area contributed by atoms with Crippen LogP contribution in [0.15, 0.2) is 53.3 Å². The Morgan fingerprint density at radius 1 is 1.17 bits per heavy atom. The molecule has 1 N–H and O–H groups in total. The molecule has 0 atom stereocenters. The molecule has 0 aliphatic rings. The molecule has 0 unspecified atom stereocenters. The van der Waals surface area contributed by atoms with Crippen molar-refractivity contribution >= 4 is 11.6 Å². The number of rotatable bonds is 5. The number of nitrogens with zero attached hydrogens (tertiary/aromatic N) is 2. The van der Waals surface area contributed by atoms with Crippen molar-refractivity contribution in [1.82, 2.24) is 9.97 Å². The number of oxazole rings is 1. The number of hydrogen-bond acceptors (Lipinski definition) is 4. The second kappa shape index (κ2) is 6.99. The minimum absolute atomic E-state index is 0.122. The number of halogens is 2. The predicted octanol–water partition coefficient (Wildman–Crippen LogP) is 3.59. The summed E-state index contributed by atoms with van der Waals surface area (Å²) in [5.41, 5.74) is 0.771. The van der Waals surface area contributed by atoms with Gasteiger partial charge in [-0.05, 0) is 24.3 Å². The number of aromatic nitrogens is 2. The minimum Gasteiger partial charge on any atom is -0.441 e. The van der Waals surface area contributed by atoms with Gasteiger partial charge >= 0.3 is 0 Å². The largest absolute Gasteiger partial charge is 0.441 e. The van der Waals surface area contributed by atoms with Crippen LogP contribution in [0, 0.1) is 11.6 Å². The molecule has 24 heavy (non-hydrogen) atoms. The van der Waals surface area contributed by atoms with Gasteiger partial charge in [-0.3, -0.25) is 9.78 Å². The smallest absolute Gasteiger partial charge is 0.224 e. The van der Waals surface area contributed by atoms with E-state index in [1.165, 1.54) is 12.3 Å². The summed E-state index contributed by atoms with van der Waals surface area (Å²) in [6.07, 6.45) is 4.93. The van der Waals surface area contributed by atoms with Gasteiger partial charge in [-0.2, -0.15) is 0 Å². The van der Waals surface area contributed by atoms with Gasteiger partial charge in [-0.25, -0.2) is 13.8 Å². The van der Waals surface area contributed by atoms with Crippen LogP contribution in [0.1, 0.15) is 12.3 Å². The van der Waals surface area contributed by atoms with Crippen LogP contribution in [0.4, 0.5) is 14.5 Å². The van der Waals surface area contributed by atoms with Crippen molar-refractivity contribution in [2.75, 3.05) is 5.32 Å². The van der Waals surface area contributed by atoms with Gasteiger partial charge in [0.1, 0.15) is 11.6 Å². The summed E-state index contributed by atoms with van der Waals surface area (Å²) in [6, 6.07) is 6.56. The predicted molar refractivity (Wildman–Crippen MR) is 83.0 cm³/mol. The first kappa shape index (κ1) is 15.8. The number of pyridine rings is 1. The Morgan fingerprint density at radius 2 is 1.96 bits per heavy atom. The third-order valence-corrected chi connectivity index (χ3v) is 3.28. The van der Waals surface area contributed by atoms with Crippen molar-refractivity contribution in [3.8, 4) is 11.3 Å². The highest BCUT2D eigenvalue weighted by Gasteiger charge is 2.13. The number of aryl methyl sites for hydroxylation is 1. The molecule has 0 saturated carbocycles. The summed E-state index contributed by atoms with van der Waals surface area (Å²) in [5.74, 6) is -1.10. The second-order valence-corrected chi connectivity index (χ2v) is 5.03. The van der Waals surface area contributed by atoms with E-state index >= 15 is 0 Å². The quantitative estimate of drug-likeness (QED) is 0.777. The van der Waals surface area contributed by atoms with Crippen molar-refractivity contribution in [2.45, 2.75) is 12.8 Å². The first-order valence-electron chi connectivity index (χ1n) is 7.22. The van der Waals surface area contributed by atoms with Crippen LogP contribution in [0.2, 0.25) is 0 Å². The molecule has 5 nitrogen and oxygen atoms in total. The average Bonchev–Trinajstić information content (AvgIpc) is 3.02. The monoisotopic (exact) mass is 329 g/mol. The molecule has 0 aliphatic carbocycles. The third-order valence-electron chi connectivity index (χ3n) is 3.28. The lowest BCUT2D eigenvalue weighted by Gasteiger charge is -2.03. The molecule has 3 aromatic rings. The van der Waals surface area contributed by atoms with Crippen molar-refractivity contribution in [2.24, 2.45) is 0 Å². The molecule has 0 radical (unpaired) electrons. The highest BCUT2D eigenvalue weighted by molar-refractivity contribution is 5.90. The van der Waals surface area contributed by atoms with Crippen molar-refractivity contribution in [1.29, 1.82) is 0 Å². The highest BCUT2D eigenvalue weighted by Crippen LogP contribution is 2.24. The summed E-state index contributed by atoms with van der Waals surface area (Å²) in [7, 11) is 0. The van der Waals surface area contributed by atoms with Gasteiger partial charge in [-0.15, -0.1) is 0 Å². The molecule has 1 aromatic carbocycles. The van der Waals surface area contributed by atoms with Crippen LogP contribution in [0.3, 0.4) is 0 Å². The van der Waals surface area contributed by atoms with Crippen LogP contribution in [-0.4, -0.2) is 15.9 Å². The third kappa shape index (κ3) is 3.81. The van der Waals surface area contributed by atoms with Gasteiger partial charge in [0.25, 0.3) is 0 Å². The number of benzene rings is 1. The Kier molecular flexibility index (Phi) is 4.60. The van der Waals surface area contributed by atoms with Crippen molar-refractivity contribution < 1.29 is 18.0 Å². The molecule has 2 aromatic heterocycles. The summed E-state index contributed by atoms with van der Waals surface area (Å²) >= 11 is 0. The number of hydrogen-bond donors (Lipinski definition) is 1. The van der Waals surface area contributed by atoms with E-state index in [1.807, 2.05) is 0 Å². The van der Waals surface area contributed by atoms with Crippen molar-refractivity contribution in [3.05, 3.63) is 66.4 Å². The molecule has 122 valence electrons. The molecule has 2 heterocycles. The molecule has 0 aliphatic heterocycles. The van der Waals surface area contributed by atoms with E-state index in [1.54, 1.807) is 24.5 Å². The van der Waals surface area contributed by atoms with Crippen LogP contribution < -0.4 is 5.32 Å². The van der Waals surface area contributed by atoms with E-state index in [9.17, 15) is 13.6 Å². The molecular formula is C17H13F2N3O2. The van der Waals surface area contributed by atoms with Gasteiger partial charge in [0, 0.05) is 37.0 Å². The lowest BCUT2D eigenvalue weighted by Crippen LogP contribution is -2.12. The molecule has 0 bridgehead atoms. The Morgan fingerprint density at radius 3 is 2.71 bits per heavy atom. The maximum atomic E-state index is 13.7. The van der Waals surface area contributed by atoms with Gasteiger partial charge < -0.3 is 9.73 Å². The van der Waals surface area contributed by atoms with E-state index in [-0.39, 0.29) is 30.1 Å². The fourth-order valence-corrected chi connectivity index (χ4v) is 2.12. The van der Waals surface area contributed by atoms with E-state index in [0.29, 0.717) is 11.6 Å². The van der Waals surface area contributed by atoms with E-state index < -0.39 is 11.6 Å². The number of anilines is 1. The van der Waals surface area contributed by atoms with E-state index in [4.69, 9.17) is 4.42 Å². The fourth-order valence-electron chi connectivity index (χ4n) is 2.12. The zero-order chi connectivity index (χ0) is 16.9. The molecule has 3 rings (SSSR count). The molecular weight excluding hydrogens is 316 g/mol. The number of carbonyl (C=O) groups is 1. The Labute approximate surface area is 136 Å². The summed E-state index contributed by atoms with van der Waals surface area (Å²) < 4.78 is 32.1. The lowest BCUT2D eigenvalue weighted by atomic mass is 10.2. The first-order valence-corrected chi connectivity index (χ1v) is 7.22. The van der Waals surface area contributed by atoms with Gasteiger partial charge in [0.05, 0.1) is 11.8 Å². The fraction of sp³-hybridized carbons (Fsp3) is 0.118. The van der Waals surface area contributed by atoms with Gasteiger partial charge in [0.2, 0.25) is 5.91 Å². The standard InChI is InChI=1S/C17H13F2N3O2/c18-11-1-2-13(14(19)9-11)15-10-21-17(24-15)4-3-16(23)22-12-5-7-20-8-6-12/h1-2,5-10H,3-4H2,(H,20,22,23). The second-order valence-electron chi connectivity index (χ2n) is 5.03. The van der Waals surface area contributed by atoms with Crippen LogP contribution in [0.5, 0.6) is 0 Å². The van der Waals surface area contributed by atoms with Crippen LogP contribution in [-0.2, 0) is 11.2 Å². The van der Waals surface area contributed by atoms with E-state index in [2.05, 4.69) is 15.3 Å². The molecule has 0 saturated heterocycles. The normalized spacial score (nSPS) is 10.6. The average molecular weight is 329 g/mol. The van der Waals surface area contributed by atoms with Gasteiger partial charge in [0.15, 0.2) is 11.7 Å². The molecule has 0 spiro atoms. The van der Waals surface area contributed by atoms with Crippen LogP contribution >= 0.6 is 0 Å². The Balaban J connectivity index is 1.61. The topological polar surface area (TPSA) is 68.0 Å². The van der Waals surface area contributed by atoms with Gasteiger partial charge in [-0.1, -0.05) is 0 Å². The van der Waals surface area contributed by atoms with E-state index in [0.717, 1.165) is 12.1 Å². The Bertz CT molecular complexity index is 850. The SMILES string of the molecule is O=C(CCc1ncc(-c2ccc(F)cc2F)o1)Nc1ccncc1. The zero-order valence-electron chi connectivity index (χ0n) is 12.5. The molecule has 7 heteroatoms. The maximum Gasteiger partial charge on any atom is 0.224 e. The number of carbonyl (C=O) groups excluding carboxylic acids is 1. The first-order chi connectivity index (χ1) is 11.6. The zero-order valence-corrected chi connectivity index (χ0v) is 12.5. The molecule has 0 fully saturated rings. The number of nitrogens with one attached hydrogen (secondary N) is 1. The Hall–Kier alpha value is -3.09. The summed E-state index contributed by atoms with van der Waals surface area (Å²) in [5, 5.41) is 2.72. The molecule has 1 amide bonds. The number of amides is 1. The minimum atomic E-state index is -0.729. The van der Waals surface area contributed by atoms with Crippen LogP contribution in [0.25, 0.3) is 11.3 Å². The highest BCUT2D eigenvalue weighted by atomic mass is 19.1. The summed E-state index contributed by atoms with van der Waals surface area (Å²) in [4.78, 5) is 19.7.